The predicted molar refractivity (Wildman–Crippen MR) is 103 cm³/mol. The van der Waals surface area contributed by atoms with E-state index in [1.165, 1.54) is 5.56 Å². The minimum atomic E-state index is -0.180. The minimum absolute atomic E-state index is 0.180. The summed E-state index contributed by atoms with van der Waals surface area (Å²) in [7, 11) is 1.67. The molecule has 0 bridgehead atoms. The van der Waals surface area contributed by atoms with Crippen molar-refractivity contribution in [2.24, 2.45) is 0 Å². The normalized spacial score (nSPS) is 17.3. The maximum absolute atomic E-state index is 6.06. The molecule has 0 spiro atoms. The lowest BCUT2D eigenvalue weighted by Gasteiger charge is -2.21. The van der Waals surface area contributed by atoms with Gasteiger partial charge in [-0.25, -0.2) is 4.68 Å². The van der Waals surface area contributed by atoms with E-state index in [1.807, 2.05) is 47.3 Å². The Morgan fingerprint density at radius 1 is 1.15 bits per heavy atom. The zero-order valence-electron chi connectivity index (χ0n) is 15.1. The third kappa shape index (κ3) is 4.30. The summed E-state index contributed by atoms with van der Waals surface area (Å²) >= 11 is 6.06. The van der Waals surface area contributed by atoms with Gasteiger partial charge in [0.15, 0.2) is 6.23 Å². The second kappa shape index (κ2) is 8.08. The fraction of sp³-hybridized carbons (Fsp3) is 0.300. The number of hydrogen-bond acceptors (Lipinski definition) is 5. The average molecular weight is 385 g/mol. The van der Waals surface area contributed by atoms with Gasteiger partial charge in [-0.05, 0) is 35.4 Å². The summed E-state index contributed by atoms with van der Waals surface area (Å²) in [5, 5.41) is 9.30. The van der Waals surface area contributed by atoms with E-state index in [4.69, 9.17) is 21.1 Å². The highest BCUT2D eigenvalue weighted by molar-refractivity contribution is 6.30. The first kappa shape index (κ1) is 18.0. The number of rotatable bonds is 6. The summed E-state index contributed by atoms with van der Waals surface area (Å²) < 4.78 is 13.0. The Kier molecular flexibility index (Phi) is 5.38. The highest BCUT2D eigenvalue weighted by Crippen LogP contribution is 2.27. The number of halogens is 1. The van der Waals surface area contributed by atoms with Crippen LogP contribution in [0.1, 0.15) is 23.0 Å². The molecule has 0 unspecified atom stereocenters. The standard InChI is InChI=1S/C20H21ClN4O2/c1-26-18-7-5-15(6-8-18)12-24-9-10-27-20(24)19-14-25(23-22-19)13-16-3-2-4-17(21)11-16/h2-8,11,14,20H,9-10,12-13H2,1H3/t20-/m0/s1. The van der Waals surface area contributed by atoms with Crippen molar-refractivity contribution in [3.8, 4) is 5.75 Å². The third-order valence-electron chi connectivity index (χ3n) is 4.57. The summed E-state index contributed by atoms with van der Waals surface area (Å²) in [5.41, 5.74) is 3.11. The van der Waals surface area contributed by atoms with Gasteiger partial charge in [-0.15, -0.1) is 5.10 Å². The second-order valence-corrected chi connectivity index (χ2v) is 6.95. The van der Waals surface area contributed by atoms with Gasteiger partial charge < -0.3 is 9.47 Å². The van der Waals surface area contributed by atoms with Crippen molar-refractivity contribution in [2.75, 3.05) is 20.3 Å². The van der Waals surface area contributed by atoms with Gasteiger partial charge >= 0.3 is 0 Å². The van der Waals surface area contributed by atoms with E-state index in [2.05, 4.69) is 27.3 Å². The molecule has 27 heavy (non-hydrogen) atoms. The molecule has 0 aliphatic carbocycles. The molecule has 1 aliphatic heterocycles. The van der Waals surface area contributed by atoms with Crippen LogP contribution >= 0.6 is 11.6 Å². The van der Waals surface area contributed by atoms with Gasteiger partial charge in [-0.2, -0.15) is 0 Å². The number of benzene rings is 2. The van der Waals surface area contributed by atoms with Crippen molar-refractivity contribution >= 4 is 11.6 Å². The molecule has 4 rings (SSSR count). The van der Waals surface area contributed by atoms with Gasteiger partial charge in [0.25, 0.3) is 0 Å². The minimum Gasteiger partial charge on any atom is -0.497 e. The molecule has 2 aromatic carbocycles. The van der Waals surface area contributed by atoms with E-state index >= 15 is 0 Å². The maximum Gasteiger partial charge on any atom is 0.157 e. The average Bonchev–Trinajstić information content (AvgIpc) is 3.31. The molecule has 0 N–H and O–H groups in total. The van der Waals surface area contributed by atoms with Crippen LogP contribution in [0.15, 0.2) is 54.7 Å². The van der Waals surface area contributed by atoms with Crippen molar-refractivity contribution in [3.63, 3.8) is 0 Å². The first-order valence-corrected chi connectivity index (χ1v) is 9.22. The van der Waals surface area contributed by atoms with Crippen LogP contribution in [0, 0.1) is 0 Å². The van der Waals surface area contributed by atoms with Crippen LogP contribution in [-0.4, -0.2) is 40.2 Å². The van der Waals surface area contributed by atoms with Crippen LogP contribution in [0.5, 0.6) is 5.75 Å². The molecule has 3 aromatic rings. The molecule has 1 atom stereocenters. The Morgan fingerprint density at radius 2 is 2.00 bits per heavy atom. The Bertz CT molecular complexity index is 897. The van der Waals surface area contributed by atoms with Crippen LogP contribution in [0.2, 0.25) is 5.02 Å². The monoisotopic (exact) mass is 384 g/mol. The van der Waals surface area contributed by atoms with Crippen molar-refractivity contribution in [1.82, 2.24) is 19.9 Å². The summed E-state index contributed by atoms with van der Waals surface area (Å²) in [6.07, 6.45) is 1.76. The molecular formula is C20H21ClN4O2. The van der Waals surface area contributed by atoms with Crippen molar-refractivity contribution in [1.29, 1.82) is 0 Å². The molecule has 7 heteroatoms. The first-order valence-electron chi connectivity index (χ1n) is 8.84. The molecule has 2 heterocycles. The summed E-state index contributed by atoms with van der Waals surface area (Å²) in [5.74, 6) is 0.858. The number of aromatic nitrogens is 3. The Morgan fingerprint density at radius 3 is 2.78 bits per heavy atom. The van der Waals surface area contributed by atoms with Gasteiger partial charge in [0.05, 0.1) is 26.5 Å². The zero-order chi connectivity index (χ0) is 18.6. The van der Waals surface area contributed by atoms with Crippen LogP contribution < -0.4 is 4.74 Å². The van der Waals surface area contributed by atoms with E-state index in [1.54, 1.807) is 7.11 Å². The number of nitrogens with zero attached hydrogens (tertiary/aromatic N) is 4. The van der Waals surface area contributed by atoms with Gasteiger partial charge in [0.2, 0.25) is 0 Å². The third-order valence-corrected chi connectivity index (χ3v) is 4.81. The van der Waals surface area contributed by atoms with Gasteiger partial charge in [0.1, 0.15) is 11.4 Å². The summed E-state index contributed by atoms with van der Waals surface area (Å²) in [6, 6.07) is 15.9. The Labute approximate surface area is 163 Å². The van der Waals surface area contributed by atoms with E-state index in [0.29, 0.717) is 13.2 Å². The molecular weight excluding hydrogens is 364 g/mol. The molecule has 1 fully saturated rings. The van der Waals surface area contributed by atoms with Crippen molar-refractivity contribution in [3.05, 3.63) is 76.6 Å². The molecule has 0 saturated carbocycles. The zero-order valence-corrected chi connectivity index (χ0v) is 15.8. The fourth-order valence-corrected chi connectivity index (χ4v) is 3.44. The lowest BCUT2D eigenvalue weighted by molar-refractivity contribution is 0.0252. The predicted octanol–water partition coefficient (Wildman–Crippen LogP) is 3.52. The smallest absolute Gasteiger partial charge is 0.157 e. The van der Waals surface area contributed by atoms with Crippen molar-refractivity contribution < 1.29 is 9.47 Å². The van der Waals surface area contributed by atoms with E-state index < -0.39 is 0 Å². The SMILES string of the molecule is COc1ccc(CN2CCO[C@H]2c2cn(Cc3cccc(Cl)c3)nn2)cc1. The van der Waals surface area contributed by atoms with Crippen LogP contribution in [0.3, 0.4) is 0 Å². The highest BCUT2D eigenvalue weighted by Gasteiger charge is 2.29. The Hall–Kier alpha value is -2.41. The number of hydrogen-bond donors (Lipinski definition) is 0. The summed E-state index contributed by atoms with van der Waals surface area (Å²) in [6.45, 7) is 2.95. The van der Waals surface area contributed by atoms with Crippen molar-refractivity contribution in [2.45, 2.75) is 19.3 Å². The molecule has 0 amide bonds. The van der Waals surface area contributed by atoms with Crippen LogP contribution in [0.25, 0.3) is 0 Å². The van der Waals surface area contributed by atoms with Gasteiger partial charge in [-0.3, -0.25) is 4.90 Å². The second-order valence-electron chi connectivity index (χ2n) is 6.51. The topological polar surface area (TPSA) is 52.4 Å². The van der Waals surface area contributed by atoms with E-state index in [0.717, 1.165) is 35.1 Å². The van der Waals surface area contributed by atoms with E-state index in [9.17, 15) is 0 Å². The van der Waals surface area contributed by atoms with Crippen LogP contribution in [0.4, 0.5) is 0 Å². The van der Waals surface area contributed by atoms with E-state index in [-0.39, 0.29) is 6.23 Å². The lowest BCUT2D eigenvalue weighted by Crippen LogP contribution is -2.23. The number of ether oxygens (including phenoxy) is 2. The molecule has 6 nitrogen and oxygen atoms in total. The molecule has 1 aromatic heterocycles. The molecule has 140 valence electrons. The summed E-state index contributed by atoms with van der Waals surface area (Å²) in [4.78, 5) is 2.26. The lowest BCUT2D eigenvalue weighted by atomic mass is 10.2. The Balaban J connectivity index is 1.44. The van der Waals surface area contributed by atoms with Gasteiger partial charge in [0, 0.05) is 18.1 Å². The van der Waals surface area contributed by atoms with Crippen LogP contribution in [-0.2, 0) is 17.8 Å². The largest absolute Gasteiger partial charge is 0.497 e. The molecule has 0 radical (unpaired) electrons. The molecule has 1 saturated heterocycles. The maximum atomic E-state index is 6.06. The van der Waals surface area contributed by atoms with Gasteiger partial charge in [-0.1, -0.05) is 41.1 Å². The fourth-order valence-electron chi connectivity index (χ4n) is 3.23. The first-order chi connectivity index (χ1) is 13.2. The molecule has 1 aliphatic rings. The number of methoxy groups -OCH3 is 1. The highest BCUT2D eigenvalue weighted by atomic mass is 35.5. The quantitative estimate of drug-likeness (QED) is 0.650.